The molecule has 1 amide bonds. The molecule has 1 N–H and O–H groups in total. The van der Waals surface area contributed by atoms with Crippen molar-refractivity contribution >= 4 is 17.7 Å². The summed E-state index contributed by atoms with van der Waals surface area (Å²) in [5, 5.41) is 12.3. The monoisotopic (exact) mass is 450 g/mol. The molecule has 2 unspecified atom stereocenters. The lowest BCUT2D eigenvalue weighted by atomic mass is 10.1. The number of carbonyl (C=O) groups excluding carboxylic acids is 1. The molecule has 1 aromatic heterocycles. The predicted octanol–water partition coefficient (Wildman–Crippen LogP) is 5.14. The molecule has 0 aliphatic rings. The minimum atomic E-state index is -0.295. The number of hydrogen-bond donors (Lipinski definition) is 1. The van der Waals surface area contributed by atoms with E-state index >= 15 is 0 Å². The first-order valence-electron chi connectivity index (χ1n) is 10.8. The van der Waals surface area contributed by atoms with Gasteiger partial charge in [0.1, 0.15) is 5.75 Å². The fourth-order valence-corrected chi connectivity index (χ4v) is 4.07. The average molecular weight is 451 g/mol. The lowest BCUT2D eigenvalue weighted by Crippen LogP contribution is -2.28. The van der Waals surface area contributed by atoms with E-state index in [0.717, 1.165) is 17.7 Å². The highest BCUT2D eigenvalue weighted by Gasteiger charge is 2.20. The van der Waals surface area contributed by atoms with Crippen LogP contribution < -0.4 is 10.1 Å². The normalized spacial score (nSPS) is 12.7. The summed E-state index contributed by atoms with van der Waals surface area (Å²) in [7, 11) is 0. The van der Waals surface area contributed by atoms with Gasteiger partial charge in [-0.2, -0.15) is 0 Å². The Hall–Kier alpha value is -3.06. The number of aryl methyl sites for hydroxylation is 1. The molecule has 0 saturated heterocycles. The van der Waals surface area contributed by atoms with Crippen molar-refractivity contribution in [2.45, 2.75) is 51.0 Å². The van der Waals surface area contributed by atoms with Crippen molar-refractivity contribution in [3.63, 3.8) is 0 Å². The van der Waals surface area contributed by atoms with Crippen LogP contribution in [0.25, 0.3) is 0 Å². The summed E-state index contributed by atoms with van der Waals surface area (Å²) in [6, 6.07) is 17.9. The highest BCUT2D eigenvalue weighted by atomic mass is 32.2. The number of aromatic nitrogens is 3. The number of allylic oxidation sites excluding steroid dienone is 1. The minimum absolute atomic E-state index is 0.0543. The van der Waals surface area contributed by atoms with Crippen molar-refractivity contribution in [2.75, 3.05) is 5.75 Å². The first kappa shape index (κ1) is 23.6. The second-order valence-electron chi connectivity index (χ2n) is 7.49. The summed E-state index contributed by atoms with van der Waals surface area (Å²) >= 11 is 1.36. The second-order valence-corrected chi connectivity index (χ2v) is 8.43. The maximum Gasteiger partial charge on any atom is 0.230 e. The van der Waals surface area contributed by atoms with E-state index in [1.54, 1.807) is 6.08 Å². The third-order valence-electron chi connectivity index (χ3n) is 5.07. The highest BCUT2D eigenvalue weighted by Crippen LogP contribution is 2.25. The zero-order chi connectivity index (χ0) is 22.9. The summed E-state index contributed by atoms with van der Waals surface area (Å²) in [5.74, 6) is 1.68. The summed E-state index contributed by atoms with van der Waals surface area (Å²) in [4.78, 5) is 12.5. The summed E-state index contributed by atoms with van der Waals surface area (Å²) in [6.07, 6.45) is 2.48. The Balaban J connectivity index is 1.63. The fourth-order valence-electron chi connectivity index (χ4n) is 3.31. The molecule has 7 heteroatoms. The fraction of sp³-hybridized carbons (Fsp3) is 0.320. The molecule has 0 saturated carbocycles. The van der Waals surface area contributed by atoms with Crippen molar-refractivity contribution in [3.05, 3.63) is 84.2 Å². The van der Waals surface area contributed by atoms with E-state index in [0.29, 0.717) is 17.5 Å². The third-order valence-corrected chi connectivity index (χ3v) is 6.04. The van der Waals surface area contributed by atoms with Crippen molar-refractivity contribution in [2.24, 2.45) is 0 Å². The maximum absolute atomic E-state index is 12.5. The summed E-state index contributed by atoms with van der Waals surface area (Å²) < 4.78 is 8.02. The van der Waals surface area contributed by atoms with Crippen LogP contribution in [0.15, 0.2) is 72.4 Å². The lowest BCUT2D eigenvalue weighted by Gasteiger charge is -2.16. The van der Waals surface area contributed by atoms with Gasteiger partial charge in [0, 0.05) is 6.54 Å². The number of thioether (sulfide) groups is 1. The molecule has 0 aliphatic heterocycles. The number of hydrogen-bond acceptors (Lipinski definition) is 5. The van der Waals surface area contributed by atoms with Gasteiger partial charge in [-0.25, -0.2) is 0 Å². The lowest BCUT2D eigenvalue weighted by molar-refractivity contribution is -0.119. The molecule has 0 fully saturated rings. The van der Waals surface area contributed by atoms with Crippen LogP contribution in [0, 0.1) is 0 Å². The topological polar surface area (TPSA) is 69.0 Å². The molecule has 32 heavy (non-hydrogen) atoms. The van der Waals surface area contributed by atoms with Crippen LogP contribution >= 0.6 is 11.8 Å². The number of benzene rings is 2. The Morgan fingerprint density at radius 3 is 2.53 bits per heavy atom. The van der Waals surface area contributed by atoms with Gasteiger partial charge in [-0.1, -0.05) is 67.2 Å². The van der Waals surface area contributed by atoms with E-state index in [1.807, 2.05) is 60.9 Å². The standard InChI is InChI=1S/C25H30N4O2S/c1-5-16-29-24(19(4)31-22-14-12-20(6-2)13-15-22)27-28-25(29)32-17-23(30)26-18(3)21-10-8-7-9-11-21/h5,7-15,18-19H,1,6,16-17H2,2-4H3,(H,26,30). The van der Waals surface area contributed by atoms with Gasteiger partial charge in [-0.05, 0) is 43.5 Å². The molecule has 3 aromatic rings. The van der Waals surface area contributed by atoms with E-state index < -0.39 is 0 Å². The number of nitrogens with one attached hydrogen (secondary N) is 1. The molecule has 0 bridgehead atoms. The molecule has 2 atom stereocenters. The van der Waals surface area contributed by atoms with Gasteiger partial charge in [-0.3, -0.25) is 9.36 Å². The van der Waals surface area contributed by atoms with Crippen LogP contribution in [0.4, 0.5) is 0 Å². The van der Waals surface area contributed by atoms with Gasteiger partial charge in [0.15, 0.2) is 17.1 Å². The molecule has 3 rings (SSSR count). The van der Waals surface area contributed by atoms with E-state index in [2.05, 4.69) is 41.1 Å². The van der Waals surface area contributed by atoms with E-state index in [4.69, 9.17) is 4.74 Å². The number of nitrogens with zero attached hydrogens (tertiary/aromatic N) is 3. The SMILES string of the molecule is C=CCn1c(SCC(=O)NC(C)c2ccccc2)nnc1C(C)Oc1ccc(CC)cc1. The van der Waals surface area contributed by atoms with Crippen LogP contribution in [0.1, 0.15) is 49.9 Å². The Labute approximate surface area is 194 Å². The van der Waals surface area contributed by atoms with Gasteiger partial charge in [-0.15, -0.1) is 16.8 Å². The number of ether oxygens (including phenoxy) is 1. The van der Waals surface area contributed by atoms with Crippen molar-refractivity contribution in [1.29, 1.82) is 0 Å². The Morgan fingerprint density at radius 1 is 1.16 bits per heavy atom. The van der Waals surface area contributed by atoms with Crippen LogP contribution in [0.5, 0.6) is 5.75 Å². The molecule has 168 valence electrons. The smallest absolute Gasteiger partial charge is 0.230 e. The largest absolute Gasteiger partial charge is 0.483 e. The molecule has 0 radical (unpaired) electrons. The Morgan fingerprint density at radius 2 is 1.88 bits per heavy atom. The van der Waals surface area contributed by atoms with Crippen molar-refractivity contribution < 1.29 is 9.53 Å². The van der Waals surface area contributed by atoms with Crippen LogP contribution in [0.3, 0.4) is 0 Å². The van der Waals surface area contributed by atoms with E-state index in [9.17, 15) is 4.79 Å². The van der Waals surface area contributed by atoms with E-state index in [-0.39, 0.29) is 23.8 Å². The van der Waals surface area contributed by atoms with Gasteiger partial charge in [0.05, 0.1) is 11.8 Å². The Bertz CT molecular complexity index is 1020. The first-order valence-corrected chi connectivity index (χ1v) is 11.8. The van der Waals surface area contributed by atoms with Crippen molar-refractivity contribution in [3.8, 4) is 5.75 Å². The van der Waals surface area contributed by atoms with Crippen LogP contribution in [-0.4, -0.2) is 26.4 Å². The zero-order valence-corrected chi connectivity index (χ0v) is 19.6. The van der Waals surface area contributed by atoms with Gasteiger partial charge >= 0.3 is 0 Å². The third kappa shape index (κ3) is 6.23. The molecule has 1 heterocycles. The zero-order valence-electron chi connectivity index (χ0n) is 18.8. The molecule has 0 spiro atoms. The molecular weight excluding hydrogens is 420 g/mol. The maximum atomic E-state index is 12.5. The molecule has 0 aliphatic carbocycles. The molecular formula is C25H30N4O2S. The number of carbonyl (C=O) groups is 1. The van der Waals surface area contributed by atoms with Crippen molar-refractivity contribution in [1.82, 2.24) is 20.1 Å². The van der Waals surface area contributed by atoms with Crippen LogP contribution in [0.2, 0.25) is 0 Å². The first-order chi connectivity index (χ1) is 15.5. The predicted molar refractivity (Wildman–Crippen MR) is 129 cm³/mol. The van der Waals surface area contributed by atoms with E-state index in [1.165, 1.54) is 17.3 Å². The molecule has 6 nitrogen and oxygen atoms in total. The van der Waals surface area contributed by atoms with Gasteiger partial charge in [0.25, 0.3) is 0 Å². The summed E-state index contributed by atoms with van der Waals surface area (Å²) in [6.45, 7) is 10.4. The minimum Gasteiger partial charge on any atom is -0.483 e. The highest BCUT2D eigenvalue weighted by molar-refractivity contribution is 7.99. The van der Waals surface area contributed by atoms with Crippen LogP contribution in [-0.2, 0) is 17.8 Å². The second kappa shape index (κ2) is 11.5. The van der Waals surface area contributed by atoms with Gasteiger partial charge < -0.3 is 10.1 Å². The summed E-state index contributed by atoms with van der Waals surface area (Å²) in [5.41, 5.74) is 2.33. The Kier molecular flexibility index (Phi) is 8.50. The quantitative estimate of drug-likeness (QED) is 0.324. The number of amides is 1. The number of rotatable bonds is 11. The molecule has 2 aromatic carbocycles. The van der Waals surface area contributed by atoms with Gasteiger partial charge in [0.2, 0.25) is 5.91 Å². The average Bonchev–Trinajstić information content (AvgIpc) is 3.21.